The lowest BCUT2D eigenvalue weighted by atomic mass is 10.1. The number of nitrogens with one attached hydrogen (secondary N) is 1. The fourth-order valence-corrected chi connectivity index (χ4v) is 1.82. The van der Waals surface area contributed by atoms with Crippen molar-refractivity contribution in [2.75, 3.05) is 5.73 Å². The summed E-state index contributed by atoms with van der Waals surface area (Å²) < 4.78 is 38.6. The molecule has 1 atom stereocenters. The first-order chi connectivity index (χ1) is 8.79. The van der Waals surface area contributed by atoms with Crippen molar-refractivity contribution < 1.29 is 13.2 Å². The molecule has 0 aliphatic heterocycles. The van der Waals surface area contributed by atoms with Gasteiger partial charge in [-0.05, 0) is 24.6 Å². The van der Waals surface area contributed by atoms with Gasteiger partial charge in [-0.25, -0.2) is 4.68 Å². The summed E-state index contributed by atoms with van der Waals surface area (Å²) in [5, 5.41) is 2.65. The van der Waals surface area contributed by atoms with Crippen LogP contribution in [-0.2, 0) is 6.18 Å². The molecule has 0 radical (unpaired) electrons. The Labute approximate surface area is 106 Å². The summed E-state index contributed by atoms with van der Waals surface area (Å²) in [6.07, 6.45) is -4.37. The van der Waals surface area contributed by atoms with Gasteiger partial charge >= 0.3 is 6.18 Å². The second kappa shape index (κ2) is 4.49. The van der Waals surface area contributed by atoms with Crippen LogP contribution in [0.25, 0.3) is 0 Å². The number of aromatic amines is 1. The fraction of sp³-hybridized carbons (Fsp3) is 0.250. The van der Waals surface area contributed by atoms with Crippen LogP contribution >= 0.6 is 0 Å². The molecular formula is C12H12F3N3O. The maximum absolute atomic E-state index is 12.4. The van der Waals surface area contributed by atoms with Gasteiger partial charge in [-0.1, -0.05) is 12.1 Å². The largest absolute Gasteiger partial charge is 0.416 e. The van der Waals surface area contributed by atoms with Crippen molar-refractivity contribution in [2.24, 2.45) is 0 Å². The molecule has 1 unspecified atom stereocenters. The van der Waals surface area contributed by atoms with Crippen LogP contribution in [0.2, 0.25) is 0 Å². The van der Waals surface area contributed by atoms with Gasteiger partial charge < -0.3 is 5.73 Å². The Bertz CT molecular complexity index is 625. The standard InChI is InChI=1S/C12H12F3N3O/c1-7(18-11(19)6-10(16)17-18)8-2-4-9(5-3-8)12(13,14)15/h2-7,17H,16H2,1H3. The zero-order chi connectivity index (χ0) is 14.2. The van der Waals surface area contributed by atoms with Gasteiger partial charge in [-0.15, -0.1) is 0 Å². The van der Waals surface area contributed by atoms with Crippen molar-refractivity contribution in [2.45, 2.75) is 19.1 Å². The normalized spacial score (nSPS) is 13.5. The van der Waals surface area contributed by atoms with E-state index in [-0.39, 0.29) is 11.4 Å². The zero-order valence-electron chi connectivity index (χ0n) is 10.0. The van der Waals surface area contributed by atoms with E-state index < -0.39 is 17.8 Å². The number of nitrogens with zero attached hydrogens (tertiary/aromatic N) is 1. The minimum atomic E-state index is -4.37. The molecule has 102 valence electrons. The van der Waals surface area contributed by atoms with Crippen LogP contribution in [0.5, 0.6) is 0 Å². The lowest BCUT2D eigenvalue weighted by molar-refractivity contribution is -0.137. The third kappa shape index (κ3) is 2.64. The van der Waals surface area contributed by atoms with Crippen LogP contribution in [-0.4, -0.2) is 9.78 Å². The lowest BCUT2D eigenvalue weighted by Gasteiger charge is -2.14. The van der Waals surface area contributed by atoms with Crippen molar-refractivity contribution in [1.82, 2.24) is 9.78 Å². The van der Waals surface area contributed by atoms with Crippen molar-refractivity contribution in [3.05, 3.63) is 51.8 Å². The SMILES string of the molecule is CC(c1ccc(C(F)(F)F)cc1)n1[nH]c(N)cc1=O. The number of halogens is 3. The van der Waals surface area contributed by atoms with Gasteiger partial charge in [-0.3, -0.25) is 9.89 Å². The molecule has 0 saturated heterocycles. The molecule has 1 aromatic carbocycles. The number of nitrogen functional groups attached to an aromatic ring is 1. The second-order valence-corrected chi connectivity index (χ2v) is 4.22. The summed E-state index contributed by atoms with van der Waals surface area (Å²) in [5.74, 6) is 0.212. The van der Waals surface area contributed by atoms with E-state index in [0.29, 0.717) is 5.56 Å². The van der Waals surface area contributed by atoms with Crippen molar-refractivity contribution in [3.63, 3.8) is 0 Å². The van der Waals surface area contributed by atoms with E-state index in [4.69, 9.17) is 5.73 Å². The number of hydrogen-bond donors (Lipinski definition) is 2. The second-order valence-electron chi connectivity index (χ2n) is 4.22. The van der Waals surface area contributed by atoms with E-state index in [1.807, 2.05) is 0 Å². The van der Waals surface area contributed by atoms with Gasteiger partial charge in [0.15, 0.2) is 0 Å². The molecule has 2 rings (SSSR count). The van der Waals surface area contributed by atoms with Gasteiger partial charge in [0.05, 0.1) is 11.6 Å². The number of nitrogens with two attached hydrogens (primary N) is 1. The highest BCUT2D eigenvalue weighted by Gasteiger charge is 2.30. The minimum absolute atomic E-state index is 0.212. The predicted molar refractivity (Wildman–Crippen MR) is 64.7 cm³/mol. The van der Waals surface area contributed by atoms with Crippen molar-refractivity contribution in [3.8, 4) is 0 Å². The molecule has 4 nitrogen and oxygen atoms in total. The van der Waals surface area contributed by atoms with Gasteiger partial charge in [0.25, 0.3) is 5.56 Å². The summed E-state index contributed by atoms with van der Waals surface area (Å²) in [4.78, 5) is 11.6. The van der Waals surface area contributed by atoms with Gasteiger partial charge in [0.1, 0.15) is 5.82 Å². The molecular weight excluding hydrogens is 259 g/mol. The maximum atomic E-state index is 12.4. The van der Waals surface area contributed by atoms with Gasteiger partial charge in [0, 0.05) is 6.07 Å². The van der Waals surface area contributed by atoms with Crippen LogP contribution < -0.4 is 11.3 Å². The number of H-pyrrole nitrogens is 1. The van der Waals surface area contributed by atoms with Crippen molar-refractivity contribution >= 4 is 5.82 Å². The average molecular weight is 271 g/mol. The Morgan fingerprint density at radius 1 is 1.26 bits per heavy atom. The minimum Gasteiger partial charge on any atom is -0.384 e. The Morgan fingerprint density at radius 3 is 2.26 bits per heavy atom. The molecule has 1 aromatic heterocycles. The zero-order valence-corrected chi connectivity index (χ0v) is 10.0. The predicted octanol–water partition coefficient (Wildman–Crippen LogP) is 2.39. The van der Waals surface area contributed by atoms with Crippen LogP contribution in [0, 0.1) is 0 Å². The van der Waals surface area contributed by atoms with Crippen molar-refractivity contribution in [1.29, 1.82) is 0 Å². The quantitative estimate of drug-likeness (QED) is 0.880. The van der Waals surface area contributed by atoms with E-state index >= 15 is 0 Å². The number of hydrogen-bond acceptors (Lipinski definition) is 2. The average Bonchev–Trinajstić information content (AvgIpc) is 2.66. The third-order valence-corrected chi connectivity index (χ3v) is 2.87. The molecule has 0 saturated carbocycles. The number of anilines is 1. The van der Waals surface area contributed by atoms with E-state index in [1.165, 1.54) is 22.9 Å². The molecule has 0 aliphatic carbocycles. The Kier molecular flexibility index (Phi) is 3.13. The molecule has 0 spiro atoms. The third-order valence-electron chi connectivity index (χ3n) is 2.87. The first-order valence-corrected chi connectivity index (χ1v) is 5.53. The lowest BCUT2D eigenvalue weighted by Crippen LogP contribution is -2.21. The Balaban J connectivity index is 2.33. The van der Waals surface area contributed by atoms with Gasteiger partial charge in [0.2, 0.25) is 0 Å². The molecule has 3 N–H and O–H groups in total. The van der Waals surface area contributed by atoms with E-state index in [2.05, 4.69) is 5.10 Å². The Morgan fingerprint density at radius 2 is 1.84 bits per heavy atom. The molecule has 1 heterocycles. The van der Waals surface area contributed by atoms with Crippen LogP contribution in [0.3, 0.4) is 0 Å². The summed E-state index contributed by atoms with van der Waals surface area (Å²) in [6.45, 7) is 1.69. The highest BCUT2D eigenvalue weighted by atomic mass is 19.4. The molecule has 7 heteroatoms. The summed E-state index contributed by atoms with van der Waals surface area (Å²) >= 11 is 0. The smallest absolute Gasteiger partial charge is 0.384 e. The molecule has 2 aromatic rings. The fourth-order valence-electron chi connectivity index (χ4n) is 1.82. The topological polar surface area (TPSA) is 63.8 Å². The first-order valence-electron chi connectivity index (χ1n) is 5.53. The molecule has 0 amide bonds. The van der Waals surface area contributed by atoms with E-state index in [1.54, 1.807) is 6.92 Å². The monoisotopic (exact) mass is 271 g/mol. The summed E-state index contributed by atoms with van der Waals surface area (Å²) in [5.41, 5.74) is 4.98. The summed E-state index contributed by atoms with van der Waals surface area (Å²) in [7, 11) is 0. The van der Waals surface area contributed by atoms with E-state index in [0.717, 1.165) is 12.1 Å². The number of rotatable bonds is 2. The highest BCUT2D eigenvalue weighted by Crippen LogP contribution is 2.30. The number of benzene rings is 1. The Hall–Kier alpha value is -2.18. The number of aromatic nitrogens is 2. The van der Waals surface area contributed by atoms with E-state index in [9.17, 15) is 18.0 Å². The van der Waals surface area contributed by atoms with Gasteiger partial charge in [-0.2, -0.15) is 13.2 Å². The maximum Gasteiger partial charge on any atom is 0.416 e. The first kappa shape index (κ1) is 13.3. The van der Waals surface area contributed by atoms with Crippen LogP contribution in [0.1, 0.15) is 24.1 Å². The van der Waals surface area contributed by atoms with Crippen LogP contribution in [0.15, 0.2) is 35.1 Å². The summed E-state index contributed by atoms with van der Waals surface area (Å²) in [6, 6.07) is 5.47. The molecule has 0 fully saturated rings. The molecule has 19 heavy (non-hydrogen) atoms. The highest BCUT2D eigenvalue weighted by molar-refractivity contribution is 5.29. The number of alkyl halides is 3. The molecule has 0 bridgehead atoms. The molecule has 0 aliphatic rings. The van der Waals surface area contributed by atoms with Crippen LogP contribution in [0.4, 0.5) is 19.0 Å².